The number of rotatable bonds is 7. The molecule has 5 aliphatic heterocycles. The molecular weight excluding hydrogens is 1170 g/mol. The number of fused-ring (bicyclic) bond motifs is 4. The molecule has 6 N–H and O–H groups in total. The number of carbonyl (C=O) groups is 13. The summed E-state index contributed by atoms with van der Waals surface area (Å²) in [4.78, 5) is 211. The Balaban J connectivity index is 1.32. The van der Waals surface area contributed by atoms with Gasteiger partial charge in [0.15, 0.2) is 17.1 Å². The van der Waals surface area contributed by atoms with Gasteiger partial charge in [0.1, 0.15) is 71.8 Å². The number of nitrogens with one attached hydrogen (secondary N) is 4. The summed E-state index contributed by atoms with van der Waals surface area (Å²) < 4.78 is 18.1. The summed E-state index contributed by atoms with van der Waals surface area (Å²) >= 11 is 0. The van der Waals surface area contributed by atoms with E-state index in [-0.39, 0.29) is 40.8 Å². The quantitative estimate of drug-likeness (QED) is 0.115. The largest absolute Gasteiger partial charge is 0.458 e. The van der Waals surface area contributed by atoms with Gasteiger partial charge in [-0.3, -0.25) is 57.5 Å². The van der Waals surface area contributed by atoms with Gasteiger partial charge < -0.3 is 70.3 Å². The van der Waals surface area contributed by atoms with Crippen LogP contribution < -0.4 is 32.4 Å². The highest BCUT2D eigenvalue weighted by molar-refractivity contribution is 6.11. The molecule has 4 saturated heterocycles. The second kappa shape index (κ2) is 27.0. The number of Topliss-reactive ketones (excluding diaryl/α,β-unsaturated/α-hetero) is 1. The van der Waals surface area contributed by atoms with Crippen LogP contribution in [0.25, 0.3) is 22.6 Å². The van der Waals surface area contributed by atoms with E-state index in [1.807, 2.05) is 0 Å². The average Bonchev–Trinajstić information content (AvgIpc) is 0.905. The molecule has 0 spiro atoms. The van der Waals surface area contributed by atoms with Crippen LogP contribution in [0.1, 0.15) is 120 Å². The Morgan fingerprint density at radius 1 is 0.644 bits per heavy atom. The number of nitrogens with two attached hydrogens (primary N) is 1. The molecule has 0 unspecified atom stereocenters. The number of hydrogen-bond donors (Lipinski definition) is 5. The van der Waals surface area contributed by atoms with Gasteiger partial charge in [0.25, 0.3) is 11.8 Å². The van der Waals surface area contributed by atoms with Crippen LogP contribution in [0.2, 0.25) is 0 Å². The first-order valence-electron chi connectivity index (χ1n) is 30.0. The fraction of sp³-hybridized carbons (Fsp3) is 0.590. The van der Waals surface area contributed by atoms with Gasteiger partial charge in [0.05, 0.1) is 36.4 Å². The van der Waals surface area contributed by atoms with Crippen molar-refractivity contribution in [2.75, 3.05) is 53.6 Å². The SMILES string of the molecule is Cc1c2oc3c(C)ccc(C(=O)N[C@@H]4C(=O)N[C@H](C(C)C)C(=O)N5[C@@H](C)CC[C@H]5C(=O)N(C)CC(=O)N(C)[C@@H](C(C)C)C(=O)O[C@@H]4C)c3nc-2c(C(=O)N[C@@H]2C(=O)N[C@H](C(C)C)C(=O)N3CC(=O)C[C@H]3C(=O)N(C)CC(=O)N(C)[C@@H](C)C(=O)O[C@@H]2C)c(N)c1=O. The lowest BCUT2D eigenvalue weighted by Gasteiger charge is -2.37. The standard InChI is InChI=1S/C61H82N12O17/c1-25(2)42-58(84)72-22-34(74)21-37(72)57(83)69(14)23-38(75)70(15)31(10)60(86)88-32(11)45(55(81)64-42)67-53(79)40-41(62)49(77)30(9)51-47(40)63-46-35(19-17-28(7)50(46)90-51)52(78)66-44-33(12)89-61(87)48(27(5)6)71(16)39(76)24-68(13)56(82)36-20-18-29(8)73(36)59(85)43(26(3)4)65-54(44)80/h17,19,25-27,29,31-33,36-37,42-45,48H,18,20-24,62H2,1-16H3,(H,64,81)(H,65,80)(H,66,78)(H,67,79)/t29-,31-,32+,33+,36-,37-,42+,43+,44-,45-,48-/m0/s1. The Hall–Kier alpha value is -9.05. The summed E-state index contributed by atoms with van der Waals surface area (Å²) in [6.07, 6.45) is -2.85. The number of anilines is 1. The first kappa shape index (κ1) is 68.4. The maximum absolute atomic E-state index is 15.1. The lowest BCUT2D eigenvalue weighted by Crippen LogP contribution is -2.62. The van der Waals surface area contributed by atoms with E-state index in [0.29, 0.717) is 12.0 Å². The van der Waals surface area contributed by atoms with Gasteiger partial charge in [-0.2, -0.15) is 0 Å². The molecule has 10 amide bonds. The topological polar surface area (TPSA) is 377 Å². The van der Waals surface area contributed by atoms with Crippen molar-refractivity contribution in [2.24, 2.45) is 17.8 Å². The Labute approximate surface area is 520 Å². The zero-order valence-corrected chi connectivity index (χ0v) is 53.6. The Morgan fingerprint density at radius 2 is 1.17 bits per heavy atom. The van der Waals surface area contributed by atoms with Crippen molar-refractivity contribution < 1.29 is 76.2 Å². The number of hydrogen-bond acceptors (Lipinski definition) is 19. The number of carbonyl (C=O) groups excluding carboxylic acids is 13. The molecule has 90 heavy (non-hydrogen) atoms. The lowest BCUT2D eigenvalue weighted by atomic mass is 9.98. The van der Waals surface area contributed by atoms with E-state index in [0.717, 1.165) is 19.6 Å². The average molecular weight is 1260 g/mol. The molecule has 1 aromatic carbocycles. The van der Waals surface area contributed by atoms with E-state index in [9.17, 15) is 57.5 Å². The van der Waals surface area contributed by atoms with E-state index in [1.54, 1.807) is 55.4 Å². The highest BCUT2D eigenvalue weighted by atomic mass is 16.6. The number of likely N-dealkylation sites (N-methyl/N-ethyl adjacent to an activating group) is 4. The minimum Gasteiger partial charge on any atom is -0.458 e. The van der Waals surface area contributed by atoms with Crippen molar-refractivity contribution in [3.63, 3.8) is 0 Å². The highest BCUT2D eigenvalue weighted by Gasteiger charge is 2.48. The third-order valence-electron chi connectivity index (χ3n) is 17.4. The number of ketones is 1. The summed E-state index contributed by atoms with van der Waals surface area (Å²) in [7, 11) is 5.36. The zero-order chi connectivity index (χ0) is 67.1. The normalized spacial score (nSPS) is 27.0. The maximum Gasteiger partial charge on any atom is 0.329 e. The molecule has 7 rings (SSSR count). The van der Waals surface area contributed by atoms with Crippen LogP contribution in [0, 0.1) is 31.6 Å². The number of aromatic nitrogens is 1. The molecule has 0 aromatic heterocycles. The molecular formula is C61H82N12O17. The third kappa shape index (κ3) is 13.4. The molecule has 29 nitrogen and oxygen atoms in total. The molecule has 1 aliphatic carbocycles. The van der Waals surface area contributed by atoms with Gasteiger partial charge in [-0.25, -0.2) is 14.6 Å². The Morgan fingerprint density at radius 3 is 1.72 bits per heavy atom. The van der Waals surface area contributed by atoms with Crippen LogP contribution in [0.3, 0.4) is 0 Å². The van der Waals surface area contributed by atoms with E-state index >= 15 is 9.59 Å². The maximum atomic E-state index is 15.1. The summed E-state index contributed by atoms with van der Waals surface area (Å²) in [6, 6.07) is -9.16. The minimum absolute atomic E-state index is 0.0992. The van der Waals surface area contributed by atoms with Gasteiger partial charge in [0, 0.05) is 46.2 Å². The molecule has 1 aromatic rings. The predicted molar refractivity (Wildman–Crippen MR) is 321 cm³/mol. The summed E-state index contributed by atoms with van der Waals surface area (Å²) in [5.74, 6) is -13.3. The van der Waals surface area contributed by atoms with Gasteiger partial charge >= 0.3 is 11.9 Å². The van der Waals surface area contributed by atoms with Crippen LogP contribution in [-0.2, 0) is 62.2 Å². The third-order valence-corrected chi connectivity index (χ3v) is 17.4. The Kier molecular flexibility index (Phi) is 20.5. The smallest absolute Gasteiger partial charge is 0.329 e. The molecule has 5 heterocycles. The van der Waals surface area contributed by atoms with Crippen molar-refractivity contribution in [1.82, 2.24) is 55.7 Å². The first-order chi connectivity index (χ1) is 42.0. The number of esters is 2. The van der Waals surface area contributed by atoms with E-state index in [4.69, 9.17) is 24.6 Å². The fourth-order valence-corrected chi connectivity index (χ4v) is 11.8. The van der Waals surface area contributed by atoms with E-state index < -0.39 is 203 Å². The summed E-state index contributed by atoms with van der Waals surface area (Å²) in [5.41, 5.74) is 3.27. The molecule has 29 heteroatoms. The van der Waals surface area contributed by atoms with Gasteiger partial charge in [-0.15, -0.1) is 0 Å². The van der Waals surface area contributed by atoms with Crippen molar-refractivity contribution in [1.29, 1.82) is 0 Å². The fourth-order valence-electron chi connectivity index (χ4n) is 11.8. The van der Waals surface area contributed by atoms with Crippen molar-refractivity contribution in [2.45, 2.75) is 169 Å². The number of amides is 10. The molecule has 6 aliphatic rings. The second-order valence-corrected chi connectivity index (χ2v) is 25.1. The zero-order valence-electron chi connectivity index (χ0n) is 53.6. The van der Waals surface area contributed by atoms with Crippen LogP contribution in [0.5, 0.6) is 0 Å². The van der Waals surface area contributed by atoms with Crippen molar-refractivity contribution in [3.8, 4) is 11.5 Å². The van der Waals surface area contributed by atoms with Gasteiger partial charge in [-0.05, 0) is 83.8 Å². The lowest BCUT2D eigenvalue weighted by molar-refractivity contribution is -0.163. The first-order valence-corrected chi connectivity index (χ1v) is 30.0. The monoisotopic (exact) mass is 1250 g/mol. The highest BCUT2D eigenvalue weighted by Crippen LogP contribution is 2.35. The molecule has 11 atom stereocenters. The number of nitrogen functional groups attached to an aromatic ring is 1. The summed E-state index contributed by atoms with van der Waals surface area (Å²) in [5, 5.41) is 10.5. The van der Waals surface area contributed by atoms with E-state index in [2.05, 4.69) is 21.3 Å². The minimum atomic E-state index is -1.95. The number of benzene rings is 2. The van der Waals surface area contributed by atoms with Crippen LogP contribution in [0.4, 0.5) is 5.69 Å². The molecule has 0 radical (unpaired) electrons. The molecule has 0 bridgehead atoms. The number of nitrogens with zero attached hydrogens (tertiary/aromatic N) is 7. The Bertz CT molecular complexity index is 3490. The molecule has 0 saturated carbocycles. The van der Waals surface area contributed by atoms with Crippen LogP contribution in [-0.4, -0.2) is 226 Å². The van der Waals surface area contributed by atoms with E-state index in [1.165, 1.54) is 77.8 Å². The molecule has 4 fully saturated rings. The van der Waals surface area contributed by atoms with Gasteiger partial charge in [-0.1, -0.05) is 47.6 Å². The molecule has 488 valence electrons. The van der Waals surface area contributed by atoms with Crippen molar-refractivity contribution in [3.05, 3.63) is 44.6 Å². The number of ether oxygens (including phenoxy) is 2. The van der Waals surface area contributed by atoms with Crippen molar-refractivity contribution >= 4 is 93.6 Å². The van der Waals surface area contributed by atoms with Gasteiger partial charge in [0.2, 0.25) is 52.7 Å². The predicted octanol–water partition coefficient (Wildman–Crippen LogP) is -0.343. The summed E-state index contributed by atoms with van der Waals surface area (Å²) in [6.45, 7) is 16.9. The van der Waals surface area contributed by atoms with Crippen LogP contribution in [0.15, 0.2) is 21.3 Å². The second-order valence-electron chi connectivity index (χ2n) is 25.1. The number of cyclic esters (lactones) is 2. The van der Waals surface area contributed by atoms with Crippen LogP contribution >= 0.6 is 0 Å². The number of aryl methyl sites for hydroxylation is 1.